The zero-order chi connectivity index (χ0) is 22.3. The van der Waals surface area contributed by atoms with E-state index in [0.29, 0.717) is 29.7 Å². The minimum absolute atomic E-state index is 0.386. The van der Waals surface area contributed by atoms with Crippen LogP contribution >= 0.6 is 11.6 Å². The van der Waals surface area contributed by atoms with E-state index in [1.807, 2.05) is 61.5 Å². The van der Waals surface area contributed by atoms with Crippen LogP contribution in [-0.2, 0) is 6.61 Å². The van der Waals surface area contributed by atoms with Gasteiger partial charge in [-0.1, -0.05) is 54.1 Å². The second-order valence-electron chi connectivity index (χ2n) is 7.15. The third-order valence-electron chi connectivity index (χ3n) is 5.01. The molecule has 0 heterocycles. The molecule has 4 rings (SSSR count). The van der Waals surface area contributed by atoms with Gasteiger partial charge in [-0.3, -0.25) is 4.99 Å². The Morgan fingerprint density at radius 3 is 2.47 bits per heavy atom. The molecule has 0 aliphatic rings. The summed E-state index contributed by atoms with van der Waals surface area (Å²) in [6.07, 6.45) is 1.75. The second kappa shape index (κ2) is 10.2. The van der Waals surface area contributed by atoms with E-state index in [-0.39, 0.29) is 0 Å². The lowest BCUT2D eigenvalue weighted by Gasteiger charge is -2.14. The minimum atomic E-state index is 0.386. The number of halogens is 1. The van der Waals surface area contributed by atoms with Crippen LogP contribution in [0.25, 0.3) is 10.8 Å². The Labute approximate surface area is 193 Å². The van der Waals surface area contributed by atoms with Gasteiger partial charge in [0.15, 0.2) is 11.5 Å². The highest BCUT2D eigenvalue weighted by Crippen LogP contribution is 2.37. The lowest BCUT2D eigenvalue weighted by molar-refractivity contribution is 0.286. The SMILES string of the molecule is CCOc1ccc(N=Cc2cc(Cl)c(OCc3cccc4ccccc34)c(OC)c2)cc1. The number of benzene rings is 4. The summed E-state index contributed by atoms with van der Waals surface area (Å²) in [5.41, 5.74) is 2.72. The van der Waals surface area contributed by atoms with Crippen molar-refractivity contribution in [2.24, 2.45) is 4.99 Å². The number of fused-ring (bicyclic) bond motifs is 1. The molecule has 0 spiro atoms. The second-order valence-corrected chi connectivity index (χ2v) is 7.55. The fourth-order valence-electron chi connectivity index (χ4n) is 3.47. The van der Waals surface area contributed by atoms with Gasteiger partial charge in [0.05, 0.1) is 24.4 Å². The molecule has 0 aromatic heterocycles. The number of nitrogens with zero attached hydrogens (tertiary/aromatic N) is 1. The van der Waals surface area contributed by atoms with Crippen LogP contribution in [0.4, 0.5) is 5.69 Å². The fourth-order valence-corrected chi connectivity index (χ4v) is 3.74. The number of hydrogen-bond acceptors (Lipinski definition) is 4. The molecule has 0 N–H and O–H groups in total. The topological polar surface area (TPSA) is 40.0 Å². The first-order valence-electron chi connectivity index (χ1n) is 10.4. The summed E-state index contributed by atoms with van der Waals surface area (Å²) in [7, 11) is 1.60. The van der Waals surface area contributed by atoms with Crippen molar-refractivity contribution in [2.75, 3.05) is 13.7 Å². The van der Waals surface area contributed by atoms with E-state index in [4.69, 9.17) is 25.8 Å². The molecule has 162 valence electrons. The molecule has 0 bridgehead atoms. The van der Waals surface area contributed by atoms with Crippen molar-refractivity contribution in [3.8, 4) is 17.2 Å². The Morgan fingerprint density at radius 2 is 1.69 bits per heavy atom. The molecule has 0 unspecified atom stereocenters. The molecule has 0 radical (unpaired) electrons. The van der Waals surface area contributed by atoms with Gasteiger partial charge < -0.3 is 14.2 Å². The number of methoxy groups -OCH3 is 1. The molecule has 32 heavy (non-hydrogen) atoms. The quantitative estimate of drug-likeness (QED) is 0.268. The van der Waals surface area contributed by atoms with Crippen LogP contribution in [-0.4, -0.2) is 19.9 Å². The Balaban J connectivity index is 1.53. The normalized spacial score (nSPS) is 11.1. The zero-order valence-corrected chi connectivity index (χ0v) is 18.8. The van der Waals surface area contributed by atoms with Crippen molar-refractivity contribution in [3.63, 3.8) is 0 Å². The van der Waals surface area contributed by atoms with Crippen LogP contribution in [0.1, 0.15) is 18.1 Å². The Morgan fingerprint density at radius 1 is 0.906 bits per heavy atom. The maximum Gasteiger partial charge on any atom is 0.180 e. The van der Waals surface area contributed by atoms with Gasteiger partial charge in [-0.25, -0.2) is 0 Å². The van der Waals surface area contributed by atoms with E-state index >= 15 is 0 Å². The van der Waals surface area contributed by atoms with Crippen LogP contribution in [0.5, 0.6) is 17.2 Å². The summed E-state index contributed by atoms with van der Waals surface area (Å²) in [5, 5.41) is 2.80. The number of ether oxygens (including phenoxy) is 3. The monoisotopic (exact) mass is 445 g/mol. The lowest BCUT2D eigenvalue weighted by atomic mass is 10.1. The van der Waals surface area contributed by atoms with Gasteiger partial charge in [-0.15, -0.1) is 0 Å². The van der Waals surface area contributed by atoms with Crippen LogP contribution < -0.4 is 14.2 Å². The van der Waals surface area contributed by atoms with Gasteiger partial charge >= 0.3 is 0 Å². The van der Waals surface area contributed by atoms with Crippen molar-refractivity contribution in [1.82, 2.24) is 0 Å². The first-order valence-corrected chi connectivity index (χ1v) is 10.8. The first kappa shape index (κ1) is 21.7. The molecule has 5 heteroatoms. The van der Waals surface area contributed by atoms with Crippen LogP contribution in [0.15, 0.2) is 83.9 Å². The third kappa shape index (κ3) is 5.04. The van der Waals surface area contributed by atoms with Gasteiger partial charge in [0, 0.05) is 6.21 Å². The molecule has 0 aliphatic carbocycles. The summed E-state index contributed by atoms with van der Waals surface area (Å²) in [4.78, 5) is 4.52. The Hall–Kier alpha value is -3.50. The summed E-state index contributed by atoms with van der Waals surface area (Å²) in [6.45, 7) is 2.98. The standard InChI is InChI=1S/C27H24ClNO3/c1-3-31-23-13-11-22(12-14-23)29-17-19-15-25(28)27(26(16-19)30-2)32-18-21-9-6-8-20-7-4-5-10-24(20)21/h4-17H,3,18H2,1-2H3. The highest BCUT2D eigenvalue weighted by Gasteiger charge is 2.13. The van der Waals surface area contributed by atoms with Gasteiger partial charge in [0.1, 0.15) is 12.4 Å². The van der Waals surface area contributed by atoms with E-state index in [2.05, 4.69) is 29.3 Å². The van der Waals surface area contributed by atoms with Gasteiger partial charge in [0.2, 0.25) is 0 Å². The van der Waals surface area contributed by atoms with Crippen molar-refractivity contribution in [1.29, 1.82) is 0 Å². The molecular weight excluding hydrogens is 422 g/mol. The minimum Gasteiger partial charge on any atom is -0.494 e. The maximum atomic E-state index is 6.55. The van der Waals surface area contributed by atoms with Gasteiger partial charge in [-0.05, 0) is 65.2 Å². The Kier molecular flexibility index (Phi) is 6.93. The molecule has 0 amide bonds. The highest BCUT2D eigenvalue weighted by atomic mass is 35.5. The molecule has 0 saturated carbocycles. The average molecular weight is 446 g/mol. The van der Waals surface area contributed by atoms with Gasteiger partial charge in [-0.2, -0.15) is 0 Å². The van der Waals surface area contributed by atoms with E-state index in [1.54, 1.807) is 13.3 Å². The zero-order valence-electron chi connectivity index (χ0n) is 18.0. The van der Waals surface area contributed by atoms with Crippen LogP contribution in [0, 0.1) is 0 Å². The summed E-state index contributed by atoms with van der Waals surface area (Å²) < 4.78 is 17.1. The first-order chi connectivity index (χ1) is 15.7. The van der Waals surface area contributed by atoms with Crippen molar-refractivity contribution < 1.29 is 14.2 Å². The molecule has 4 aromatic carbocycles. The maximum absolute atomic E-state index is 6.55. The Bertz CT molecular complexity index is 1230. The molecule has 4 nitrogen and oxygen atoms in total. The van der Waals surface area contributed by atoms with E-state index in [0.717, 1.165) is 28.0 Å². The van der Waals surface area contributed by atoms with Crippen LogP contribution in [0.3, 0.4) is 0 Å². The lowest BCUT2D eigenvalue weighted by Crippen LogP contribution is -2.00. The van der Waals surface area contributed by atoms with E-state index in [9.17, 15) is 0 Å². The largest absolute Gasteiger partial charge is 0.494 e. The molecule has 0 atom stereocenters. The summed E-state index contributed by atoms with van der Waals surface area (Å²) >= 11 is 6.55. The number of aliphatic imine (C=N–C) groups is 1. The predicted octanol–water partition coefficient (Wildman–Crippen LogP) is 7.23. The molecular formula is C27H24ClNO3. The number of hydrogen-bond donors (Lipinski definition) is 0. The highest BCUT2D eigenvalue weighted by molar-refractivity contribution is 6.32. The predicted molar refractivity (Wildman–Crippen MR) is 131 cm³/mol. The molecule has 0 saturated heterocycles. The molecule has 0 aliphatic heterocycles. The molecule has 0 fully saturated rings. The van der Waals surface area contributed by atoms with E-state index in [1.165, 1.54) is 5.39 Å². The smallest absolute Gasteiger partial charge is 0.180 e. The van der Waals surface area contributed by atoms with Crippen LogP contribution in [0.2, 0.25) is 5.02 Å². The number of rotatable bonds is 8. The summed E-state index contributed by atoms with van der Waals surface area (Å²) in [5.74, 6) is 1.90. The average Bonchev–Trinajstić information content (AvgIpc) is 2.83. The molecule has 4 aromatic rings. The van der Waals surface area contributed by atoms with Gasteiger partial charge in [0.25, 0.3) is 0 Å². The summed E-state index contributed by atoms with van der Waals surface area (Å²) in [6, 6.07) is 25.7. The van der Waals surface area contributed by atoms with Crippen molar-refractivity contribution in [2.45, 2.75) is 13.5 Å². The fraction of sp³-hybridized carbons (Fsp3) is 0.148. The third-order valence-corrected chi connectivity index (χ3v) is 5.29. The van der Waals surface area contributed by atoms with E-state index < -0.39 is 0 Å². The van der Waals surface area contributed by atoms with Crippen molar-refractivity contribution >= 4 is 34.3 Å². The van der Waals surface area contributed by atoms with Crippen molar-refractivity contribution in [3.05, 3.63) is 95.0 Å².